The summed E-state index contributed by atoms with van der Waals surface area (Å²) in [4.78, 5) is 0. The second-order valence-electron chi connectivity index (χ2n) is 5.41. The van der Waals surface area contributed by atoms with Crippen molar-refractivity contribution in [1.29, 1.82) is 0 Å². The predicted molar refractivity (Wildman–Crippen MR) is 78.9 cm³/mol. The number of hydrogen-bond acceptors (Lipinski definition) is 4. The first kappa shape index (κ1) is 15.1. The zero-order valence-electron chi connectivity index (χ0n) is 12.1. The Morgan fingerprint density at radius 1 is 1.30 bits per heavy atom. The van der Waals surface area contributed by atoms with Crippen LogP contribution in [0, 0.1) is 5.92 Å². The Labute approximate surface area is 120 Å². The van der Waals surface area contributed by atoms with Crippen molar-refractivity contribution in [2.45, 2.75) is 45.2 Å². The lowest BCUT2D eigenvalue weighted by Crippen LogP contribution is -2.39. The summed E-state index contributed by atoms with van der Waals surface area (Å²) in [6.07, 6.45) is 4.59. The topological polar surface area (TPSA) is 61.7 Å². The van der Waals surface area contributed by atoms with Crippen LogP contribution in [0.25, 0.3) is 0 Å². The van der Waals surface area contributed by atoms with Crippen LogP contribution in [-0.2, 0) is 6.54 Å². The maximum absolute atomic E-state index is 10.2. The number of aliphatic hydroxyl groups is 1. The van der Waals surface area contributed by atoms with E-state index in [-0.39, 0.29) is 12.4 Å². The van der Waals surface area contributed by atoms with Gasteiger partial charge in [0, 0.05) is 24.8 Å². The van der Waals surface area contributed by atoms with E-state index in [0.717, 1.165) is 18.4 Å². The summed E-state index contributed by atoms with van der Waals surface area (Å²) in [5.74, 6) is 1.09. The first-order valence-electron chi connectivity index (χ1n) is 7.54. The Kier molecular flexibility index (Phi) is 5.68. The minimum atomic E-state index is 0.221. The van der Waals surface area contributed by atoms with Crippen molar-refractivity contribution < 1.29 is 14.9 Å². The Morgan fingerprint density at radius 2 is 2.10 bits per heavy atom. The van der Waals surface area contributed by atoms with Crippen LogP contribution in [0.5, 0.6) is 11.5 Å². The molecule has 1 aliphatic carbocycles. The molecule has 2 rings (SSSR count). The van der Waals surface area contributed by atoms with Gasteiger partial charge in [0.15, 0.2) is 11.5 Å². The highest BCUT2D eigenvalue weighted by Crippen LogP contribution is 2.30. The summed E-state index contributed by atoms with van der Waals surface area (Å²) in [7, 11) is 0. The molecule has 4 heteroatoms. The Morgan fingerprint density at radius 3 is 2.85 bits per heavy atom. The van der Waals surface area contributed by atoms with E-state index < -0.39 is 0 Å². The molecule has 4 nitrogen and oxygen atoms in total. The third-order valence-electron chi connectivity index (χ3n) is 4.08. The van der Waals surface area contributed by atoms with Crippen LogP contribution in [-0.4, -0.2) is 29.5 Å². The molecule has 0 spiro atoms. The van der Waals surface area contributed by atoms with Gasteiger partial charge < -0.3 is 20.3 Å². The van der Waals surface area contributed by atoms with Crippen molar-refractivity contribution >= 4 is 0 Å². The van der Waals surface area contributed by atoms with Crippen molar-refractivity contribution in [3.63, 3.8) is 0 Å². The summed E-state index contributed by atoms with van der Waals surface area (Å²) in [6.45, 7) is 3.29. The van der Waals surface area contributed by atoms with Crippen LogP contribution < -0.4 is 10.1 Å². The van der Waals surface area contributed by atoms with Gasteiger partial charge in [-0.15, -0.1) is 0 Å². The van der Waals surface area contributed by atoms with Gasteiger partial charge in [0.1, 0.15) is 0 Å². The molecule has 1 aromatic carbocycles. The van der Waals surface area contributed by atoms with E-state index in [1.165, 1.54) is 12.8 Å². The van der Waals surface area contributed by atoms with Gasteiger partial charge in [0.25, 0.3) is 0 Å². The van der Waals surface area contributed by atoms with E-state index in [1.54, 1.807) is 6.07 Å². The number of benzene rings is 1. The molecule has 1 saturated carbocycles. The van der Waals surface area contributed by atoms with Gasteiger partial charge in [0.2, 0.25) is 0 Å². The highest BCUT2D eigenvalue weighted by Gasteiger charge is 2.24. The lowest BCUT2D eigenvalue weighted by molar-refractivity contribution is 0.152. The van der Waals surface area contributed by atoms with Gasteiger partial charge in [-0.3, -0.25) is 0 Å². The summed E-state index contributed by atoms with van der Waals surface area (Å²) < 4.78 is 5.39. The van der Waals surface area contributed by atoms with Gasteiger partial charge >= 0.3 is 0 Å². The Balaban J connectivity index is 1.97. The number of phenols is 1. The van der Waals surface area contributed by atoms with Crippen LogP contribution in [0.3, 0.4) is 0 Å². The molecule has 0 radical (unpaired) electrons. The standard InChI is InChI=1S/C16H25NO3/c1-2-20-15-9-5-7-12(16(15)19)10-17-14-8-4-3-6-13(14)11-18/h5,7,9,13-14,17-19H,2-4,6,8,10-11H2,1H3. The predicted octanol–water partition coefficient (Wildman–Crippen LogP) is 2.43. The second kappa shape index (κ2) is 7.50. The van der Waals surface area contributed by atoms with E-state index >= 15 is 0 Å². The maximum atomic E-state index is 10.2. The summed E-state index contributed by atoms with van der Waals surface area (Å²) in [5.41, 5.74) is 0.846. The molecular formula is C16H25NO3. The van der Waals surface area contributed by atoms with Gasteiger partial charge in [0.05, 0.1) is 6.61 Å². The molecule has 0 saturated heterocycles. The van der Waals surface area contributed by atoms with Crippen LogP contribution in [0.4, 0.5) is 0 Å². The molecule has 0 aromatic heterocycles. The number of aromatic hydroxyl groups is 1. The van der Waals surface area contributed by atoms with Crippen molar-refractivity contribution in [3.05, 3.63) is 23.8 Å². The molecular weight excluding hydrogens is 254 g/mol. The fraction of sp³-hybridized carbons (Fsp3) is 0.625. The lowest BCUT2D eigenvalue weighted by atomic mass is 9.85. The number of ether oxygens (including phenoxy) is 1. The monoisotopic (exact) mass is 279 g/mol. The van der Waals surface area contributed by atoms with Gasteiger partial charge in [-0.2, -0.15) is 0 Å². The minimum absolute atomic E-state index is 0.221. The van der Waals surface area contributed by atoms with Crippen molar-refractivity contribution in [3.8, 4) is 11.5 Å². The van der Waals surface area contributed by atoms with Gasteiger partial charge in [-0.1, -0.05) is 25.0 Å². The zero-order valence-corrected chi connectivity index (χ0v) is 12.1. The quantitative estimate of drug-likeness (QED) is 0.748. The third kappa shape index (κ3) is 3.64. The average Bonchev–Trinajstić information content (AvgIpc) is 2.48. The van der Waals surface area contributed by atoms with E-state index in [9.17, 15) is 10.2 Å². The van der Waals surface area contributed by atoms with Crippen LogP contribution in [0.2, 0.25) is 0 Å². The summed E-state index contributed by atoms with van der Waals surface area (Å²) in [6, 6.07) is 5.91. The van der Waals surface area contributed by atoms with Crippen molar-refractivity contribution in [2.24, 2.45) is 5.92 Å². The second-order valence-corrected chi connectivity index (χ2v) is 5.41. The fourth-order valence-corrected chi connectivity index (χ4v) is 2.92. The Bertz CT molecular complexity index is 422. The molecule has 1 fully saturated rings. The van der Waals surface area contributed by atoms with Crippen molar-refractivity contribution in [1.82, 2.24) is 5.32 Å². The number of nitrogens with one attached hydrogen (secondary N) is 1. The van der Waals surface area contributed by atoms with Gasteiger partial charge in [-0.25, -0.2) is 0 Å². The number of phenolic OH excluding ortho intramolecular Hbond substituents is 1. The highest BCUT2D eigenvalue weighted by molar-refractivity contribution is 5.45. The molecule has 0 aliphatic heterocycles. The molecule has 2 unspecified atom stereocenters. The van der Waals surface area contributed by atoms with Crippen LogP contribution in [0.1, 0.15) is 38.2 Å². The van der Waals surface area contributed by atoms with E-state index in [4.69, 9.17) is 4.74 Å². The van der Waals surface area contributed by atoms with E-state index in [2.05, 4.69) is 5.32 Å². The first-order chi connectivity index (χ1) is 9.76. The average molecular weight is 279 g/mol. The fourth-order valence-electron chi connectivity index (χ4n) is 2.92. The summed E-state index contributed by atoms with van der Waals surface area (Å²) in [5, 5.41) is 23.0. The number of aliphatic hydroxyl groups excluding tert-OH is 1. The minimum Gasteiger partial charge on any atom is -0.504 e. The molecule has 1 aliphatic rings. The normalized spacial score (nSPS) is 22.7. The number of rotatable bonds is 6. The molecule has 0 amide bonds. The van der Waals surface area contributed by atoms with Gasteiger partial charge in [-0.05, 0) is 31.7 Å². The van der Waals surface area contributed by atoms with Crippen LogP contribution >= 0.6 is 0 Å². The van der Waals surface area contributed by atoms with E-state index in [1.807, 2.05) is 19.1 Å². The maximum Gasteiger partial charge on any atom is 0.162 e. The number of para-hydroxylation sites is 1. The highest BCUT2D eigenvalue weighted by atomic mass is 16.5. The molecule has 0 bridgehead atoms. The molecule has 2 atom stereocenters. The third-order valence-corrected chi connectivity index (χ3v) is 4.08. The SMILES string of the molecule is CCOc1cccc(CNC2CCCCC2CO)c1O. The molecule has 3 N–H and O–H groups in total. The molecule has 20 heavy (non-hydrogen) atoms. The summed E-state index contributed by atoms with van der Waals surface area (Å²) >= 11 is 0. The molecule has 0 heterocycles. The first-order valence-corrected chi connectivity index (χ1v) is 7.54. The number of hydrogen-bond donors (Lipinski definition) is 3. The largest absolute Gasteiger partial charge is 0.504 e. The zero-order chi connectivity index (χ0) is 14.4. The Hall–Kier alpha value is -1.26. The van der Waals surface area contributed by atoms with Crippen molar-refractivity contribution in [2.75, 3.05) is 13.2 Å². The molecule has 112 valence electrons. The molecule has 1 aromatic rings. The van der Waals surface area contributed by atoms with Crippen LogP contribution in [0.15, 0.2) is 18.2 Å². The van der Waals surface area contributed by atoms with E-state index in [0.29, 0.717) is 30.9 Å². The smallest absolute Gasteiger partial charge is 0.162 e. The lowest BCUT2D eigenvalue weighted by Gasteiger charge is -2.31.